The molecule has 0 radical (unpaired) electrons. The molecule has 0 unspecified atom stereocenters. The lowest BCUT2D eigenvalue weighted by molar-refractivity contribution is -0.149. The third-order valence-electron chi connectivity index (χ3n) is 6.25. The van der Waals surface area contributed by atoms with Crippen LogP contribution in [-0.4, -0.2) is 66.9 Å². The highest BCUT2D eigenvalue weighted by molar-refractivity contribution is 5.87. The van der Waals surface area contributed by atoms with Crippen molar-refractivity contribution in [3.8, 4) is 0 Å². The second kappa shape index (κ2) is 6.04. The second-order valence-electron chi connectivity index (χ2n) is 7.87. The summed E-state index contributed by atoms with van der Waals surface area (Å²) in [5.74, 6) is -2.71. The van der Waals surface area contributed by atoms with Gasteiger partial charge in [-0.2, -0.15) is 0 Å². The van der Waals surface area contributed by atoms with Crippen LogP contribution < -0.4 is 0 Å². The number of hydrogen-bond acceptors (Lipinski definition) is 3. The van der Waals surface area contributed by atoms with Gasteiger partial charge in [0, 0.05) is 50.9 Å². The molecule has 1 aliphatic carbocycles. The quantitative estimate of drug-likeness (QED) is 0.709. The topological polar surface area (TPSA) is 49.9 Å². The molecule has 3 fully saturated rings. The summed E-state index contributed by atoms with van der Waals surface area (Å²) < 4.78 is 32.4. The number of rotatable bonds is 2. The van der Waals surface area contributed by atoms with E-state index in [1.165, 1.54) is 0 Å². The van der Waals surface area contributed by atoms with Crippen molar-refractivity contribution in [3.05, 3.63) is 12.2 Å². The lowest BCUT2D eigenvalue weighted by Crippen LogP contribution is -2.52. The highest BCUT2D eigenvalue weighted by Crippen LogP contribution is 2.44. The molecule has 3 heterocycles. The molecule has 3 saturated heterocycles. The SMILES string of the molecule is O=C(C1CC=CC1)N1C[C@@H]2COC[C@]2(C(=O)N2CCC(F)(F)CC2)C1. The van der Waals surface area contributed by atoms with Gasteiger partial charge >= 0.3 is 0 Å². The summed E-state index contributed by atoms with van der Waals surface area (Å²) in [6, 6.07) is 0. The number of allylic oxidation sites excluding steroid dienone is 2. The molecule has 2 amide bonds. The largest absolute Gasteiger partial charge is 0.380 e. The van der Waals surface area contributed by atoms with Gasteiger partial charge in [-0.1, -0.05) is 12.2 Å². The maximum atomic E-state index is 13.4. The first-order valence-corrected chi connectivity index (χ1v) is 9.10. The maximum Gasteiger partial charge on any atom is 0.251 e. The molecule has 3 aliphatic heterocycles. The van der Waals surface area contributed by atoms with Gasteiger partial charge in [0.25, 0.3) is 5.92 Å². The number of carbonyl (C=O) groups excluding carboxylic acids is 2. The zero-order chi connectivity index (χ0) is 17.7. The van der Waals surface area contributed by atoms with Crippen molar-refractivity contribution in [2.45, 2.75) is 31.6 Å². The van der Waals surface area contributed by atoms with Gasteiger partial charge in [0.15, 0.2) is 0 Å². The zero-order valence-corrected chi connectivity index (χ0v) is 14.3. The Morgan fingerprint density at radius 1 is 1.08 bits per heavy atom. The molecule has 0 N–H and O–H groups in total. The van der Waals surface area contributed by atoms with E-state index in [4.69, 9.17) is 4.74 Å². The van der Waals surface area contributed by atoms with Crippen LogP contribution in [0.15, 0.2) is 12.2 Å². The van der Waals surface area contributed by atoms with Gasteiger partial charge in [0.05, 0.1) is 18.6 Å². The van der Waals surface area contributed by atoms with Gasteiger partial charge in [-0.05, 0) is 12.8 Å². The van der Waals surface area contributed by atoms with Crippen LogP contribution in [0.3, 0.4) is 0 Å². The van der Waals surface area contributed by atoms with E-state index in [-0.39, 0.29) is 56.2 Å². The summed E-state index contributed by atoms with van der Waals surface area (Å²) in [6.07, 6.45) is 5.01. The molecular weight excluding hydrogens is 330 g/mol. The zero-order valence-electron chi connectivity index (χ0n) is 14.3. The Balaban J connectivity index is 1.47. The normalized spacial score (nSPS) is 34.6. The molecule has 0 bridgehead atoms. The predicted molar refractivity (Wildman–Crippen MR) is 85.9 cm³/mol. The fraction of sp³-hybridized carbons (Fsp3) is 0.778. The number of likely N-dealkylation sites (tertiary alicyclic amines) is 2. The molecule has 4 aliphatic rings. The minimum atomic E-state index is -2.67. The Morgan fingerprint density at radius 2 is 1.76 bits per heavy atom. The number of hydrogen-bond donors (Lipinski definition) is 0. The first-order chi connectivity index (χ1) is 11.9. The lowest BCUT2D eigenvalue weighted by atomic mass is 9.79. The number of amides is 2. The maximum absolute atomic E-state index is 13.4. The minimum Gasteiger partial charge on any atom is -0.380 e. The van der Waals surface area contributed by atoms with Crippen molar-refractivity contribution in [2.24, 2.45) is 17.3 Å². The van der Waals surface area contributed by atoms with Crippen molar-refractivity contribution >= 4 is 11.8 Å². The van der Waals surface area contributed by atoms with E-state index >= 15 is 0 Å². The lowest BCUT2D eigenvalue weighted by Gasteiger charge is -2.37. The summed E-state index contributed by atoms with van der Waals surface area (Å²) >= 11 is 0. The van der Waals surface area contributed by atoms with Gasteiger partial charge in [-0.3, -0.25) is 9.59 Å². The summed E-state index contributed by atoms with van der Waals surface area (Å²) in [4.78, 5) is 29.2. The van der Waals surface area contributed by atoms with E-state index < -0.39 is 11.3 Å². The van der Waals surface area contributed by atoms with Crippen LogP contribution in [0.5, 0.6) is 0 Å². The fourth-order valence-electron chi connectivity index (χ4n) is 4.63. The summed E-state index contributed by atoms with van der Waals surface area (Å²) in [5, 5.41) is 0. The van der Waals surface area contributed by atoms with E-state index in [1.807, 2.05) is 12.2 Å². The number of halogens is 2. The Bertz CT molecular complexity index is 591. The van der Waals surface area contributed by atoms with Crippen molar-refractivity contribution in [3.63, 3.8) is 0 Å². The predicted octanol–water partition coefficient (Wildman–Crippen LogP) is 1.69. The van der Waals surface area contributed by atoms with Crippen molar-refractivity contribution < 1.29 is 23.1 Å². The van der Waals surface area contributed by atoms with Gasteiger partial charge in [-0.25, -0.2) is 8.78 Å². The van der Waals surface area contributed by atoms with Gasteiger partial charge in [0.1, 0.15) is 0 Å². The molecule has 4 rings (SSSR count). The molecule has 0 aromatic carbocycles. The van der Waals surface area contributed by atoms with Gasteiger partial charge < -0.3 is 14.5 Å². The summed E-state index contributed by atoms with van der Waals surface area (Å²) in [6.45, 7) is 1.81. The molecule has 2 atom stereocenters. The molecule has 25 heavy (non-hydrogen) atoms. The van der Waals surface area contributed by atoms with Crippen molar-refractivity contribution in [2.75, 3.05) is 39.4 Å². The third kappa shape index (κ3) is 2.86. The van der Waals surface area contributed by atoms with Crippen LogP contribution in [0.2, 0.25) is 0 Å². The molecule has 0 aromatic rings. The number of fused-ring (bicyclic) bond motifs is 1. The molecule has 5 nitrogen and oxygen atoms in total. The third-order valence-corrected chi connectivity index (χ3v) is 6.25. The number of ether oxygens (including phenoxy) is 1. The van der Waals surface area contributed by atoms with Crippen LogP contribution in [-0.2, 0) is 14.3 Å². The van der Waals surface area contributed by atoms with Gasteiger partial charge in [0.2, 0.25) is 11.8 Å². The van der Waals surface area contributed by atoms with E-state index in [0.717, 1.165) is 12.8 Å². The average Bonchev–Trinajstić information content (AvgIpc) is 3.29. The molecule has 138 valence electrons. The molecule has 7 heteroatoms. The van der Waals surface area contributed by atoms with E-state index in [2.05, 4.69) is 0 Å². The van der Waals surface area contributed by atoms with E-state index in [0.29, 0.717) is 19.7 Å². The monoisotopic (exact) mass is 354 g/mol. The first kappa shape index (κ1) is 16.9. The molecule has 0 saturated carbocycles. The van der Waals surface area contributed by atoms with E-state index in [9.17, 15) is 18.4 Å². The smallest absolute Gasteiger partial charge is 0.251 e. The van der Waals surface area contributed by atoms with Crippen molar-refractivity contribution in [1.82, 2.24) is 9.80 Å². The number of alkyl halides is 2. The molecule has 0 spiro atoms. The number of nitrogens with zero attached hydrogens (tertiary/aromatic N) is 2. The van der Waals surface area contributed by atoms with Crippen molar-refractivity contribution in [1.29, 1.82) is 0 Å². The van der Waals surface area contributed by atoms with Crippen LogP contribution in [0.4, 0.5) is 8.78 Å². The molecule has 0 aromatic heterocycles. The summed E-state index contributed by atoms with van der Waals surface area (Å²) in [5.41, 5.74) is -0.742. The Labute approximate surface area is 146 Å². The second-order valence-corrected chi connectivity index (χ2v) is 7.87. The molecular formula is C18H24F2N2O3. The summed E-state index contributed by atoms with van der Waals surface area (Å²) in [7, 11) is 0. The Morgan fingerprint density at radius 3 is 2.44 bits per heavy atom. The van der Waals surface area contributed by atoms with Crippen LogP contribution in [0, 0.1) is 17.3 Å². The highest BCUT2D eigenvalue weighted by atomic mass is 19.3. The number of carbonyl (C=O) groups is 2. The fourth-order valence-corrected chi connectivity index (χ4v) is 4.63. The first-order valence-electron chi connectivity index (χ1n) is 9.10. The van der Waals surface area contributed by atoms with E-state index in [1.54, 1.807) is 9.80 Å². The number of piperidine rings is 1. The Kier molecular flexibility index (Phi) is 4.09. The Hall–Kier alpha value is -1.50. The standard InChI is InChI=1S/C18H24F2N2O3/c19-18(20)5-7-21(8-6-18)16(24)17-11-22(9-14(17)10-25-12-17)15(23)13-3-1-2-4-13/h1-2,13-14H,3-12H2/t14-,17-/m1/s1. The highest BCUT2D eigenvalue weighted by Gasteiger charge is 2.58. The van der Waals surface area contributed by atoms with Crippen LogP contribution in [0.1, 0.15) is 25.7 Å². The minimum absolute atomic E-state index is 0.0134. The van der Waals surface area contributed by atoms with Crippen LogP contribution in [0.25, 0.3) is 0 Å². The van der Waals surface area contributed by atoms with Crippen LogP contribution >= 0.6 is 0 Å². The average molecular weight is 354 g/mol. The van der Waals surface area contributed by atoms with Gasteiger partial charge in [-0.15, -0.1) is 0 Å².